The third-order valence-corrected chi connectivity index (χ3v) is 3.08. The van der Waals surface area contributed by atoms with Crippen molar-refractivity contribution in [1.82, 2.24) is 15.0 Å². The molecule has 0 spiro atoms. The van der Waals surface area contributed by atoms with Crippen LogP contribution >= 0.6 is 11.6 Å². The van der Waals surface area contributed by atoms with Crippen LogP contribution in [0.15, 0.2) is 12.3 Å². The summed E-state index contributed by atoms with van der Waals surface area (Å²) >= 11 is 5.88. The predicted molar refractivity (Wildman–Crippen MR) is 71.4 cm³/mol. The minimum absolute atomic E-state index is 0.0130. The molecule has 96 valence electrons. The number of hydrogen-bond acceptors (Lipinski definition) is 4. The fraction of sp³-hybridized carbons (Fsp3) is 0.417. The molecular formula is C12H15ClN4O. The van der Waals surface area contributed by atoms with E-state index in [0.29, 0.717) is 23.7 Å². The Morgan fingerprint density at radius 2 is 2.33 bits per heavy atom. The van der Waals surface area contributed by atoms with Gasteiger partial charge in [0.25, 0.3) is 0 Å². The fourth-order valence-electron chi connectivity index (χ4n) is 1.92. The van der Waals surface area contributed by atoms with Gasteiger partial charge in [-0.3, -0.25) is 0 Å². The largest absolute Gasteiger partial charge is 0.384 e. The van der Waals surface area contributed by atoms with E-state index in [9.17, 15) is 0 Å². The number of rotatable bonds is 5. The van der Waals surface area contributed by atoms with Crippen molar-refractivity contribution < 1.29 is 4.74 Å². The number of nitrogens with zero attached hydrogens (tertiary/aromatic N) is 2. The van der Waals surface area contributed by atoms with Gasteiger partial charge in [-0.1, -0.05) is 6.92 Å². The summed E-state index contributed by atoms with van der Waals surface area (Å²) in [5, 5.41) is 9.23. The lowest BCUT2D eigenvalue weighted by molar-refractivity contribution is 0.174. The highest BCUT2D eigenvalue weighted by Crippen LogP contribution is 2.21. The van der Waals surface area contributed by atoms with Gasteiger partial charge in [0.2, 0.25) is 5.28 Å². The van der Waals surface area contributed by atoms with Crippen LogP contribution in [0.3, 0.4) is 0 Å². The van der Waals surface area contributed by atoms with E-state index in [0.717, 1.165) is 11.8 Å². The number of aromatic amines is 1. The molecule has 1 atom stereocenters. The van der Waals surface area contributed by atoms with Gasteiger partial charge in [-0.2, -0.15) is 4.98 Å². The lowest BCUT2D eigenvalue weighted by Gasteiger charge is -2.15. The molecule has 2 N–H and O–H groups in total. The highest BCUT2D eigenvalue weighted by atomic mass is 35.5. The number of hydrogen-bond donors (Lipinski definition) is 2. The van der Waals surface area contributed by atoms with E-state index in [1.165, 1.54) is 0 Å². The maximum absolute atomic E-state index is 8.26. The Hall–Kier alpha value is -1.46. The molecule has 0 aliphatic heterocycles. The van der Waals surface area contributed by atoms with Gasteiger partial charge in [-0.05, 0) is 24.1 Å². The van der Waals surface area contributed by atoms with E-state index < -0.39 is 0 Å². The maximum atomic E-state index is 8.26. The van der Waals surface area contributed by atoms with Gasteiger partial charge in [-0.15, -0.1) is 0 Å². The average molecular weight is 267 g/mol. The summed E-state index contributed by atoms with van der Waals surface area (Å²) in [4.78, 5) is 11.2. The maximum Gasteiger partial charge on any atom is 0.224 e. The normalized spacial score (nSPS) is 12.8. The number of nitrogens with one attached hydrogen (secondary N) is 2. The summed E-state index contributed by atoms with van der Waals surface area (Å²) in [6.45, 7) is 2.53. The Kier molecular flexibility index (Phi) is 3.93. The van der Waals surface area contributed by atoms with Crippen LogP contribution in [0, 0.1) is 11.3 Å². The number of ether oxygens (including phenoxy) is 1. The number of H-pyrrole nitrogens is 1. The molecule has 2 aromatic rings. The van der Waals surface area contributed by atoms with Gasteiger partial charge in [0.1, 0.15) is 5.65 Å². The SMILES string of the molecule is CC[C@H](COC)C(=N)c1nc(Cl)nc2[nH]ccc12. The van der Waals surface area contributed by atoms with E-state index >= 15 is 0 Å². The van der Waals surface area contributed by atoms with Crippen LogP contribution in [-0.2, 0) is 4.74 Å². The topological polar surface area (TPSA) is 74.7 Å². The van der Waals surface area contributed by atoms with Gasteiger partial charge in [0.05, 0.1) is 18.0 Å². The minimum atomic E-state index is 0.0130. The highest BCUT2D eigenvalue weighted by molar-refractivity contribution is 6.29. The van der Waals surface area contributed by atoms with Gasteiger partial charge in [-0.25, -0.2) is 4.98 Å². The van der Waals surface area contributed by atoms with Crippen LogP contribution in [0.4, 0.5) is 0 Å². The van der Waals surface area contributed by atoms with Gasteiger partial charge in [0, 0.05) is 24.6 Å². The molecule has 0 saturated heterocycles. The molecule has 0 aliphatic carbocycles. The van der Waals surface area contributed by atoms with Crippen LogP contribution in [0.5, 0.6) is 0 Å². The second-order valence-corrected chi connectivity index (χ2v) is 4.39. The first kappa shape index (κ1) is 13.0. The Bertz CT molecular complexity index is 566. The van der Waals surface area contributed by atoms with E-state index in [4.69, 9.17) is 21.7 Å². The molecule has 0 aliphatic rings. The standard InChI is InChI=1S/C12H15ClN4O/c1-3-7(6-18-2)9(14)10-8-4-5-15-11(8)17-12(13)16-10/h4-5,7,14H,3,6H2,1-2H3,(H,15,16,17)/t7-/m1/s1. The van der Waals surface area contributed by atoms with Crippen molar-refractivity contribution in [1.29, 1.82) is 5.41 Å². The summed E-state index contributed by atoms with van der Waals surface area (Å²) in [6, 6.07) is 1.86. The highest BCUT2D eigenvalue weighted by Gasteiger charge is 2.19. The quantitative estimate of drug-likeness (QED) is 0.645. The third kappa shape index (κ3) is 2.37. The van der Waals surface area contributed by atoms with Gasteiger partial charge >= 0.3 is 0 Å². The molecule has 2 rings (SSSR count). The summed E-state index contributed by atoms with van der Waals surface area (Å²) < 4.78 is 5.14. The fourth-order valence-corrected chi connectivity index (χ4v) is 2.09. The first-order valence-electron chi connectivity index (χ1n) is 5.75. The van der Waals surface area contributed by atoms with Crippen molar-refractivity contribution in [3.63, 3.8) is 0 Å². The molecule has 0 amide bonds. The second-order valence-electron chi connectivity index (χ2n) is 4.06. The van der Waals surface area contributed by atoms with E-state index in [2.05, 4.69) is 15.0 Å². The molecule has 0 radical (unpaired) electrons. The third-order valence-electron chi connectivity index (χ3n) is 2.91. The van der Waals surface area contributed by atoms with E-state index in [1.807, 2.05) is 13.0 Å². The molecule has 0 saturated carbocycles. The Balaban J connectivity index is 2.46. The molecule has 0 bridgehead atoms. The van der Waals surface area contributed by atoms with Gasteiger partial charge < -0.3 is 15.1 Å². The Morgan fingerprint density at radius 3 is 3.00 bits per heavy atom. The zero-order valence-electron chi connectivity index (χ0n) is 10.3. The summed E-state index contributed by atoms with van der Waals surface area (Å²) in [5.74, 6) is 0.0130. The molecule has 0 unspecified atom stereocenters. The van der Waals surface area contributed by atoms with Crippen molar-refractivity contribution in [3.05, 3.63) is 23.2 Å². The zero-order valence-corrected chi connectivity index (χ0v) is 11.1. The molecule has 5 nitrogen and oxygen atoms in total. The van der Waals surface area contributed by atoms with Crippen LogP contribution in [-0.4, -0.2) is 34.4 Å². The Labute approximate surface area is 110 Å². The van der Waals surface area contributed by atoms with Gasteiger partial charge in [0.15, 0.2) is 0 Å². The summed E-state index contributed by atoms with van der Waals surface area (Å²) in [5.41, 5.74) is 1.67. The summed E-state index contributed by atoms with van der Waals surface area (Å²) in [7, 11) is 1.63. The first-order chi connectivity index (χ1) is 8.67. The number of aromatic nitrogens is 3. The monoisotopic (exact) mass is 266 g/mol. The number of fused-ring (bicyclic) bond motifs is 1. The molecular weight excluding hydrogens is 252 g/mol. The average Bonchev–Trinajstić information content (AvgIpc) is 2.82. The van der Waals surface area contributed by atoms with Crippen molar-refractivity contribution in [2.75, 3.05) is 13.7 Å². The van der Waals surface area contributed by atoms with E-state index in [-0.39, 0.29) is 11.2 Å². The van der Waals surface area contributed by atoms with Crippen LogP contribution in [0.1, 0.15) is 19.0 Å². The summed E-state index contributed by atoms with van der Waals surface area (Å²) in [6.07, 6.45) is 2.59. The number of halogens is 1. The van der Waals surface area contributed by atoms with Crippen molar-refractivity contribution in [3.8, 4) is 0 Å². The minimum Gasteiger partial charge on any atom is -0.384 e. The predicted octanol–water partition coefficient (Wildman–Crippen LogP) is 2.65. The molecule has 2 aromatic heterocycles. The van der Waals surface area contributed by atoms with Crippen molar-refractivity contribution in [2.45, 2.75) is 13.3 Å². The molecule has 18 heavy (non-hydrogen) atoms. The van der Waals surface area contributed by atoms with Crippen molar-refractivity contribution in [2.24, 2.45) is 5.92 Å². The van der Waals surface area contributed by atoms with Crippen LogP contribution in [0.25, 0.3) is 11.0 Å². The molecule has 0 aromatic carbocycles. The number of methoxy groups -OCH3 is 1. The lowest BCUT2D eigenvalue weighted by Crippen LogP contribution is -2.20. The molecule has 0 fully saturated rings. The first-order valence-corrected chi connectivity index (χ1v) is 6.13. The van der Waals surface area contributed by atoms with Crippen molar-refractivity contribution >= 4 is 28.3 Å². The van der Waals surface area contributed by atoms with E-state index in [1.54, 1.807) is 13.3 Å². The van der Waals surface area contributed by atoms with Crippen LogP contribution < -0.4 is 0 Å². The Morgan fingerprint density at radius 1 is 1.56 bits per heavy atom. The smallest absolute Gasteiger partial charge is 0.224 e. The molecule has 2 heterocycles. The lowest BCUT2D eigenvalue weighted by atomic mass is 9.97. The molecule has 6 heteroatoms. The van der Waals surface area contributed by atoms with Crippen LogP contribution in [0.2, 0.25) is 5.28 Å². The zero-order chi connectivity index (χ0) is 13.1. The second kappa shape index (κ2) is 5.46.